The van der Waals surface area contributed by atoms with Gasteiger partial charge in [-0.15, -0.1) is 0 Å². The maximum absolute atomic E-state index is 16.8. The van der Waals surface area contributed by atoms with Gasteiger partial charge in [-0.1, -0.05) is 60.1 Å². The van der Waals surface area contributed by atoms with Gasteiger partial charge < -0.3 is 10.2 Å². The van der Waals surface area contributed by atoms with Crippen molar-refractivity contribution in [3.63, 3.8) is 0 Å². The van der Waals surface area contributed by atoms with E-state index in [-0.39, 0.29) is 40.1 Å². The number of hydrogen-bond donors (Lipinski definition) is 2. The van der Waals surface area contributed by atoms with Crippen molar-refractivity contribution in [1.29, 1.82) is 0 Å². The zero-order valence-electron chi connectivity index (χ0n) is 22.5. The van der Waals surface area contributed by atoms with Crippen molar-refractivity contribution in [2.24, 2.45) is 56.7 Å². The number of allylic oxidation sites excluding steroid dienone is 2. The fraction of sp³-hybridized carbons (Fsp3) is 0.900. The lowest BCUT2D eigenvalue weighted by Gasteiger charge is -2.71. The largest absolute Gasteiger partial charge is 0.481 e. The molecule has 4 fully saturated rings. The van der Waals surface area contributed by atoms with Crippen LogP contribution in [0.25, 0.3) is 0 Å². The molecule has 5 aliphatic rings. The van der Waals surface area contributed by atoms with E-state index in [4.69, 9.17) is 0 Å². The number of carboxylic acids is 1. The van der Waals surface area contributed by atoms with Gasteiger partial charge in [-0.05, 0) is 97.2 Å². The molecule has 5 rings (SSSR count). The summed E-state index contributed by atoms with van der Waals surface area (Å²) in [7, 11) is 0. The zero-order valence-corrected chi connectivity index (χ0v) is 22.5. The molecular weight excluding hydrogens is 427 g/mol. The lowest BCUT2D eigenvalue weighted by Crippen LogP contribution is -2.68. The number of carboxylic acid groups (broad SMARTS) is 1. The summed E-state index contributed by atoms with van der Waals surface area (Å²) in [6.07, 6.45) is 7.33. The SMILES string of the molecule is CC1CCC2(C(=O)O)CCC3(C)C(=CCC4C5(C)CCC(O)C(C)(C)C5CC(F)C43C)C2C1C. The molecule has 0 amide bonds. The number of aliphatic hydroxyl groups is 1. The van der Waals surface area contributed by atoms with Crippen LogP contribution >= 0.6 is 0 Å². The van der Waals surface area contributed by atoms with E-state index < -0.39 is 23.0 Å². The molecule has 3 nitrogen and oxygen atoms in total. The molecule has 11 unspecified atom stereocenters. The molecule has 34 heavy (non-hydrogen) atoms. The summed E-state index contributed by atoms with van der Waals surface area (Å²) in [5.74, 6) is 0.522. The molecule has 4 saturated carbocycles. The highest BCUT2D eigenvalue weighted by Crippen LogP contribution is 2.76. The molecule has 0 radical (unpaired) electrons. The van der Waals surface area contributed by atoms with Crippen molar-refractivity contribution in [3.05, 3.63) is 11.6 Å². The Kier molecular flexibility index (Phi) is 5.34. The first kappa shape index (κ1) is 24.8. The fourth-order valence-corrected chi connectivity index (χ4v) is 10.7. The summed E-state index contributed by atoms with van der Waals surface area (Å²) in [5.41, 5.74) is -0.548. The standard InChI is InChI=1S/C30H47FO3/c1-17-10-13-30(25(33)34)15-14-28(6)19(24(30)18(17)2)8-9-20-27(5)12-11-23(32)26(3,4)21(27)16-22(31)29(20,28)7/h8,17-18,20-24,32H,9-16H2,1-7H3,(H,33,34). The Morgan fingerprint density at radius 1 is 1.00 bits per heavy atom. The van der Waals surface area contributed by atoms with Crippen LogP contribution in [0.15, 0.2) is 11.6 Å². The first-order chi connectivity index (χ1) is 15.7. The van der Waals surface area contributed by atoms with E-state index in [1.54, 1.807) is 0 Å². The minimum atomic E-state index is -0.942. The predicted molar refractivity (Wildman–Crippen MR) is 133 cm³/mol. The Hall–Kier alpha value is -0.900. The molecule has 0 aromatic carbocycles. The number of fused-ring (bicyclic) bond motifs is 7. The smallest absolute Gasteiger partial charge is 0.310 e. The molecule has 0 aromatic rings. The Labute approximate surface area is 206 Å². The number of alkyl halides is 1. The molecule has 4 heteroatoms. The van der Waals surface area contributed by atoms with Crippen molar-refractivity contribution in [2.45, 2.75) is 112 Å². The Bertz CT molecular complexity index is 911. The third-order valence-corrected chi connectivity index (χ3v) is 13.4. The van der Waals surface area contributed by atoms with Crippen LogP contribution in [0, 0.1) is 56.7 Å². The van der Waals surface area contributed by atoms with Crippen LogP contribution in [0.5, 0.6) is 0 Å². The molecule has 0 spiro atoms. The summed E-state index contributed by atoms with van der Waals surface area (Å²) < 4.78 is 16.8. The van der Waals surface area contributed by atoms with Gasteiger partial charge in [0, 0.05) is 5.41 Å². The normalized spacial score (nSPS) is 56.3. The van der Waals surface area contributed by atoms with Crippen LogP contribution in [0.3, 0.4) is 0 Å². The molecule has 5 aliphatic carbocycles. The predicted octanol–water partition coefficient (Wildman–Crippen LogP) is 7.04. The summed E-state index contributed by atoms with van der Waals surface area (Å²) in [6.45, 7) is 15.7. The van der Waals surface area contributed by atoms with Gasteiger partial charge in [0.25, 0.3) is 0 Å². The summed E-state index contributed by atoms with van der Waals surface area (Å²) >= 11 is 0. The Morgan fingerprint density at radius 3 is 2.32 bits per heavy atom. The maximum atomic E-state index is 16.8. The highest BCUT2D eigenvalue weighted by Gasteiger charge is 2.72. The summed E-state index contributed by atoms with van der Waals surface area (Å²) in [6, 6.07) is 0. The van der Waals surface area contributed by atoms with Crippen molar-refractivity contribution < 1.29 is 19.4 Å². The lowest BCUT2D eigenvalue weighted by atomic mass is 9.33. The van der Waals surface area contributed by atoms with Gasteiger partial charge in [0.1, 0.15) is 6.17 Å². The van der Waals surface area contributed by atoms with E-state index in [1.165, 1.54) is 5.57 Å². The van der Waals surface area contributed by atoms with Crippen molar-refractivity contribution >= 4 is 5.97 Å². The summed E-state index contributed by atoms with van der Waals surface area (Å²) in [5, 5.41) is 21.4. The van der Waals surface area contributed by atoms with E-state index in [0.29, 0.717) is 24.7 Å². The zero-order chi connectivity index (χ0) is 25.1. The molecule has 0 bridgehead atoms. The average Bonchev–Trinajstić information content (AvgIpc) is 2.76. The number of hydrogen-bond acceptors (Lipinski definition) is 2. The third kappa shape index (κ3) is 2.70. The van der Waals surface area contributed by atoms with E-state index in [0.717, 1.165) is 38.5 Å². The first-order valence-electron chi connectivity index (χ1n) is 13.9. The Morgan fingerprint density at radius 2 is 1.68 bits per heavy atom. The molecule has 0 aliphatic heterocycles. The second-order valence-corrected chi connectivity index (χ2v) is 14.5. The highest BCUT2D eigenvalue weighted by molar-refractivity contribution is 5.76. The minimum absolute atomic E-state index is 0.00706. The van der Waals surface area contributed by atoms with Gasteiger partial charge in [0.05, 0.1) is 11.5 Å². The van der Waals surface area contributed by atoms with Crippen molar-refractivity contribution in [1.82, 2.24) is 0 Å². The quantitative estimate of drug-likeness (QED) is 0.401. The third-order valence-electron chi connectivity index (χ3n) is 13.4. The fourth-order valence-electron chi connectivity index (χ4n) is 10.7. The molecular formula is C30H47FO3. The van der Waals surface area contributed by atoms with Crippen LogP contribution in [0.2, 0.25) is 0 Å². The second-order valence-electron chi connectivity index (χ2n) is 14.5. The van der Waals surface area contributed by atoms with Gasteiger partial charge in [0.2, 0.25) is 0 Å². The van der Waals surface area contributed by atoms with Gasteiger partial charge in [-0.25, -0.2) is 4.39 Å². The lowest BCUT2D eigenvalue weighted by molar-refractivity contribution is -0.231. The number of aliphatic hydroxyl groups excluding tert-OH is 1. The second kappa shape index (κ2) is 7.33. The van der Waals surface area contributed by atoms with Gasteiger partial charge in [0.15, 0.2) is 0 Å². The van der Waals surface area contributed by atoms with E-state index in [2.05, 4.69) is 54.5 Å². The Balaban J connectivity index is 1.65. The molecule has 11 atom stereocenters. The van der Waals surface area contributed by atoms with E-state index >= 15 is 4.39 Å². The summed E-state index contributed by atoms with van der Waals surface area (Å²) in [4.78, 5) is 12.8. The topological polar surface area (TPSA) is 57.5 Å². The van der Waals surface area contributed by atoms with Crippen molar-refractivity contribution in [2.75, 3.05) is 0 Å². The molecule has 0 aromatic heterocycles. The van der Waals surface area contributed by atoms with E-state index in [1.807, 2.05) is 0 Å². The average molecular weight is 475 g/mol. The molecule has 0 saturated heterocycles. The number of aliphatic carboxylic acids is 1. The van der Waals surface area contributed by atoms with Crippen LogP contribution in [-0.4, -0.2) is 28.5 Å². The molecule has 0 heterocycles. The minimum Gasteiger partial charge on any atom is -0.481 e. The van der Waals surface area contributed by atoms with E-state index in [9.17, 15) is 15.0 Å². The number of carbonyl (C=O) groups is 1. The van der Waals surface area contributed by atoms with Gasteiger partial charge >= 0.3 is 5.97 Å². The molecule has 192 valence electrons. The first-order valence-corrected chi connectivity index (χ1v) is 13.9. The van der Waals surface area contributed by atoms with Crippen LogP contribution < -0.4 is 0 Å². The van der Waals surface area contributed by atoms with Crippen LogP contribution in [0.4, 0.5) is 4.39 Å². The van der Waals surface area contributed by atoms with Gasteiger partial charge in [-0.2, -0.15) is 0 Å². The van der Waals surface area contributed by atoms with Crippen LogP contribution in [-0.2, 0) is 4.79 Å². The number of rotatable bonds is 1. The highest BCUT2D eigenvalue weighted by atomic mass is 19.1. The number of halogens is 1. The van der Waals surface area contributed by atoms with Crippen molar-refractivity contribution in [3.8, 4) is 0 Å². The maximum Gasteiger partial charge on any atom is 0.310 e. The van der Waals surface area contributed by atoms with Gasteiger partial charge in [-0.3, -0.25) is 4.79 Å². The monoisotopic (exact) mass is 474 g/mol. The molecule has 2 N–H and O–H groups in total. The van der Waals surface area contributed by atoms with Crippen LogP contribution in [0.1, 0.15) is 99.8 Å².